The van der Waals surface area contributed by atoms with E-state index in [9.17, 15) is 4.79 Å². The van der Waals surface area contributed by atoms with Gasteiger partial charge >= 0.3 is 0 Å². The molecule has 0 spiro atoms. The van der Waals surface area contributed by atoms with Crippen LogP contribution in [0.25, 0.3) is 0 Å². The van der Waals surface area contributed by atoms with Crippen molar-refractivity contribution in [1.29, 1.82) is 0 Å². The Morgan fingerprint density at radius 2 is 1.58 bits per heavy atom. The molecule has 1 aliphatic rings. The minimum atomic E-state index is -0.310. The zero-order valence-corrected chi connectivity index (χ0v) is 14.8. The third-order valence-electron chi connectivity index (χ3n) is 4.60. The number of anilines is 1. The number of hydrogen-bond donors (Lipinski definition) is 0. The Bertz CT molecular complexity index is 691. The molecule has 3 rings (SSSR count). The van der Waals surface area contributed by atoms with Gasteiger partial charge in [0, 0.05) is 44.8 Å². The third-order valence-corrected chi connectivity index (χ3v) is 4.73. The highest BCUT2D eigenvalue weighted by molar-refractivity contribution is 6.63. The fourth-order valence-corrected chi connectivity index (χ4v) is 3.40. The zero-order valence-electron chi connectivity index (χ0n) is 14.0. The van der Waals surface area contributed by atoms with E-state index < -0.39 is 0 Å². The summed E-state index contributed by atoms with van der Waals surface area (Å²) in [5.41, 5.74) is 4.95. The van der Waals surface area contributed by atoms with Gasteiger partial charge in [-0.25, -0.2) is 0 Å². The third kappa shape index (κ3) is 4.37. The maximum Gasteiger partial charge on any atom is 0.226 e. The molecular weight excluding hydrogens is 320 g/mol. The summed E-state index contributed by atoms with van der Waals surface area (Å²) in [6, 6.07) is 16.8. The van der Waals surface area contributed by atoms with Crippen LogP contribution in [0.5, 0.6) is 0 Å². The SMILES string of the molecule is Cc1ccccc1N1CCN(Cc2ccc(CC(=O)Cl)cc2)CC1. The summed E-state index contributed by atoms with van der Waals surface area (Å²) in [6.45, 7) is 7.38. The molecule has 1 saturated heterocycles. The van der Waals surface area contributed by atoms with Crippen molar-refractivity contribution < 1.29 is 4.79 Å². The van der Waals surface area contributed by atoms with Gasteiger partial charge in [0.2, 0.25) is 5.24 Å². The number of para-hydroxylation sites is 1. The molecule has 3 nitrogen and oxygen atoms in total. The van der Waals surface area contributed by atoms with Crippen LogP contribution in [0.2, 0.25) is 0 Å². The number of rotatable bonds is 5. The van der Waals surface area contributed by atoms with E-state index in [2.05, 4.69) is 53.1 Å². The molecule has 0 radical (unpaired) electrons. The summed E-state index contributed by atoms with van der Waals surface area (Å²) < 4.78 is 0. The number of benzene rings is 2. The van der Waals surface area contributed by atoms with Gasteiger partial charge in [-0.05, 0) is 41.3 Å². The van der Waals surface area contributed by atoms with E-state index in [0.717, 1.165) is 38.3 Å². The molecule has 0 amide bonds. The average Bonchev–Trinajstić information content (AvgIpc) is 2.58. The van der Waals surface area contributed by atoms with Gasteiger partial charge in [-0.15, -0.1) is 0 Å². The van der Waals surface area contributed by atoms with E-state index >= 15 is 0 Å². The van der Waals surface area contributed by atoms with Crippen LogP contribution < -0.4 is 4.90 Å². The van der Waals surface area contributed by atoms with Gasteiger partial charge < -0.3 is 4.90 Å². The normalized spacial score (nSPS) is 15.5. The number of carbonyl (C=O) groups is 1. The molecule has 0 aliphatic carbocycles. The lowest BCUT2D eigenvalue weighted by molar-refractivity contribution is -0.111. The van der Waals surface area contributed by atoms with Crippen molar-refractivity contribution >= 4 is 22.5 Å². The fourth-order valence-electron chi connectivity index (χ4n) is 3.25. The Labute approximate surface area is 148 Å². The van der Waals surface area contributed by atoms with Crippen molar-refractivity contribution in [2.24, 2.45) is 0 Å². The molecule has 1 fully saturated rings. The molecule has 126 valence electrons. The van der Waals surface area contributed by atoms with Crippen LogP contribution >= 0.6 is 11.6 Å². The highest BCUT2D eigenvalue weighted by atomic mass is 35.5. The summed E-state index contributed by atoms with van der Waals surface area (Å²) in [5.74, 6) is 0. The lowest BCUT2D eigenvalue weighted by atomic mass is 10.1. The van der Waals surface area contributed by atoms with Crippen molar-refractivity contribution in [3.63, 3.8) is 0 Å². The lowest BCUT2D eigenvalue weighted by Gasteiger charge is -2.36. The van der Waals surface area contributed by atoms with Crippen molar-refractivity contribution in [2.75, 3.05) is 31.1 Å². The first kappa shape index (κ1) is 17.0. The Morgan fingerprint density at radius 3 is 2.21 bits per heavy atom. The second-order valence-electron chi connectivity index (χ2n) is 6.40. The minimum absolute atomic E-state index is 0.303. The number of nitrogens with zero attached hydrogens (tertiary/aromatic N) is 2. The molecule has 1 heterocycles. The molecule has 0 atom stereocenters. The van der Waals surface area contributed by atoms with Gasteiger partial charge in [0.05, 0.1) is 0 Å². The Morgan fingerprint density at radius 1 is 0.958 bits per heavy atom. The summed E-state index contributed by atoms with van der Waals surface area (Å²) in [6.07, 6.45) is 0.303. The minimum Gasteiger partial charge on any atom is -0.369 e. The van der Waals surface area contributed by atoms with Crippen molar-refractivity contribution in [2.45, 2.75) is 19.9 Å². The van der Waals surface area contributed by atoms with E-state index in [1.807, 2.05) is 12.1 Å². The second kappa shape index (κ2) is 7.82. The van der Waals surface area contributed by atoms with Gasteiger partial charge in [-0.1, -0.05) is 42.5 Å². The molecule has 2 aromatic carbocycles. The lowest BCUT2D eigenvalue weighted by Crippen LogP contribution is -2.46. The summed E-state index contributed by atoms with van der Waals surface area (Å²) in [7, 11) is 0. The molecular formula is C20H23ClN2O. The van der Waals surface area contributed by atoms with Gasteiger partial charge in [0.15, 0.2) is 0 Å². The number of piperazine rings is 1. The molecule has 1 aliphatic heterocycles. The number of aryl methyl sites for hydroxylation is 1. The summed E-state index contributed by atoms with van der Waals surface area (Å²) >= 11 is 5.43. The quantitative estimate of drug-likeness (QED) is 0.775. The predicted octanol–water partition coefficient (Wildman–Crippen LogP) is 3.63. The molecule has 24 heavy (non-hydrogen) atoms. The Hall–Kier alpha value is -1.84. The van der Waals surface area contributed by atoms with Crippen LogP contribution in [0.3, 0.4) is 0 Å². The maximum atomic E-state index is 10.9. The van der Waals surface area contributed by atoms with Crippen LogP contribution in [0.1, 0.15) is 16.7 Å². The molecule has 0 bridgehead atoms. The van der Waals surface area contributed by atoms with E-state index in [1.165, 1.54) is 16.8 Å². The van der Waals surface area contributed by atoms with Crippen molar-refractivity contribution in [3.8, 4) is 0 Å². The number of hydrogen-bond acceptors (Lipinski definition) is 3. The number of carbonyl (C=O) groups excluding carboxylic acids is 1. The molecule has 0 saturated carbocycles. The van der Waals surface area contributed by atoms with Gasteiger partial charge in [0.1, 0.15) is 0 Å². The smallest absolute Gasteiger partial charge is 0.226 e. The fraction of sp³-hybridized carbons (Fsp3) is 0.350. The standard InChI is InChI=1S/C20H23ClN2O/c1-16-4-2-3-5-19(16)23-12-10-22(11-13-23)15-18-8-6-17(7-9-18)14-20(21)24/h2-9H,10-15H2,1H3. The first-order valence-corrected chi connectivity index (χ1v) is 8.79. The average molecular weight is 343 g/mol. The highest BCUT2D eigenvalue weighted by Gasteiger charge is 2.18. The predicted molar refractivity (Wildman–Crippen MR) is 99.7 cm³/mol. The topological polar surface area (TPSA) is 23.6 Å². The van der Waals surface area contributed by atoms with E-state index in [0.29, 0.717) is 6.42 Å². The zero-order chi connectivity index (χ0) is 16.9. The number of halogens is 1. The molecule has 2 aromatic rings. The Balaban J connectivity index is 1.54. The van der Waals surface area contributed by atoms with Crippen molar-refractivity contribution in [1.82, 2.24) is 4.90 Å². The molecule has 0 unspecified atom stereocenters. The highest BCUT2D eigenvalue weighted by Crippen LogP contribution is 2.21. The van der Waals surface area contributed by atoms with Crippen LogP contribution in [-0.4, -0.2) is 36.3 Å². The van der Waals surface area contributed by atoms with Crippen LogP contribution in [0.4, 0.5) is 5.69 Å². The second-order valence-corrected chi connectivity index (χ2v) is 6.82. The Kier molecular flexibility index (Phi) is 5.54. The van der Waals surface area contributed by atoms with Gasteiger partial charge in [-0.2, -0.15) is 0 Å². The van der Waals surface area contributed by atoms with Gasteiger partial charge in [-0.3, -0.25) is 9.69 Å². The summed E-state index contributed by atoms with van der Waals surface area (Å²) in [5, 5.41) is -0.310. The van der Waals surface area contributed by atoms with Crippen LogP contribution in [-0.2, 0) is 17.8 Å². The molecule has 0 aromatic heterocycles. The van der Waals surface area contributed by atoms with E-state index in [1.54, 1.807) is 0 Å². The molecule has 4 heteroatoms. The summed E-state index contributed by atoms with van der Waals surface area (Å²) in [4.78, 5) is 15.9. The first-order chi connectivity index (χ1) is 11.6. The maximum absolute atomic E-state index is 10.9. The van der Waals surface area contributed by atoms with Crippen LogP contribution in [0.15, 0.2) is 48.5 Å². The monoisotopic (exact) mass is 342 g/mol. The first-order valence-electron chi connectivity index (χ1n) is 8.41. The van der Waals surface area contributed by atoms with E-state index in [-0.39, 0.29) is 5.24 Å². The largest absolute Gasteiger partial charge is 0.369 e. The van der Waals surface area contributed by atoms with Crippen LogP contribution in [0, 0.1) is 6.92 Å². The van der Waals surface area contributed by atoms with Crippen molar-refractivity contribution in [3.05, 3.63) is 65.2 Å². The van der Waals surface area contributed by atoms with E-state index in [4.69, 9.17) is 11.6 Å². The van der Waals surface area contributed by atoms with Gasteiger partial charge in [0.25, 0.3) is 0 Å². The molecule has 0 N–H and O–H groups in total.